The van der Waals surface area contributed by atoms with Crippen LogP contribution in [0.5, 0.6) is 0 Å². The predicted octanol–water partition coefficient (Wildman–Crippen LogP) is 3.24. The first-order valence-electron chi connectivity index (χ1n) is 6.93. The summed E-state index contributed by atoms with van der Waals surface area (Å²) in [5.41, 5.74) is 5.86. The van der Waals surface area contributed by atoms with Gasteiger partial charge in [-0.2, -0.15) is 5.10 Å². The second-order valence-electron chi connectivity index (χ2n) is 4.90. The summed E-state index contributed by atoms with van der Waals surface area (Å²) in [6.45, 7) is 4.06. The molecule has 0 aliphatic carbocycles. The largest absolute Gasteiger partial charge is 0.271 e. The van der Waals surface area contributed by atoms with Crippen molar-refractivity contribution in [2.75, 3.05) is 5.75 Å². The SMILES string of the molecule is CCSc1ccc(C(Cc2c(Cl)c(C)nn2C)NN)cc1. The van der Waals surface area contributed by atoms with Crippen LogP contribution in [0.25, 0.3) is 0 Å². The monoisotopic (exact) mass is 324 g/mol. The maximum absolute atomic E-state index is 6.31. The van der Waals surface area contributed by atoms with Crippen LogP contribution in [-0.2, 0) is 13.5 Å². The Labute approximate surface area is 135 Å². The molecule has 1 atom stereocenters. The molecule has 1 unspecified atom stereocenters. The Kier molecular flexibility index (Phi) is 5.70. The molecule has 6 heteroatoms. The van der Waals surface area contributed by atoms with E-state index < -0.39 is 0 Å². The zero-order valence-electron chi connectivity index (χ0n) is 12.6. The fourth-order valence-corrected chi connectivity index (χ4v) is 3.23. The van der Waals surface area contributed by atoms with Gasteiger partial charge in [0.05, 0.1) is 22.5 Å². The number of nitrogens with zero attached hydrogens (tertiary/aromatic N) is 2. The van der Waals surface area contributed by atoms with Crippen LogP contribution in [-0.4, -0.2) is 15.5 Å². The van der Waals surface area contributed by atoms with Gasteiger partial charge in [-0.05, 0) is 30.4 Å². The fraction of sp³-hybridized carbons (Fsp3) is 0.400. The molecule has 1 heterocycles. The number of hydrogen-bond donors (Lipinski definition) is 2. The van der Waals surface area contributed by atoms with Gasteiger partial charge in [0, 0.05) is 18.4 Å². The first-order chi connectivity index (χ1) is 10.1. The first kappa shape index (κ1) is 16.4. The predicted molar refractivity (Wildman–Crippen MR) is 89.6 cm³/mol. The van der Waals surface area contributed by atoms with E-state index in [0.29, 0.717) is 6.42 Å². The molecule has 0 radical (unpaired) electrons. The average molecular weight is 325 g/mol. The molecule has 1 aromatic carbocycles. The third-order valence-corrected chi connectivity index (χ3v) is 4.84. The number of benzene rings is 1. The van der Waals surface area contributed by atoms with E-state index >= 15 is 0 Å². The summed E-state index contributed by atoms with van der Waals surface area (Å²) in [5, 5.41) is 5.06. The smallest absolute Gasteiger partial charge is 0.0847 e. The van der Waals surface area contributed by atoms with Crippen molar-refractivity contribution in [3.8, 4) is 0 Å². The highest BCUT2D eigenvalue weighted by atomic mass is 35.5. The number of halogens is 1. The van der Waals surface area contributed by atoms with Gasteiger partial charge >= 0.3 is 0 Å². The van der Waals surface area contributed by atoms with Crippen molar-refractivity contribution in [3.63, 3.8) is 0 Å². The number of rotatable bonds is 6. The molecule has 0 amide bonds. The van der Waals surface area contributed by atoms with Crippen LogP contribution in [0.15, 0.2) is 29.2 Å². The molecule has 0 bridgehead atoms. The van der Waals surface area contributed by atoms with Gasteiger partial charge in [0.2, 0.25) is 0 Å². The van der Waals surface area contributed by atoms with E-state index in [9.17, 15) is 0 Å². The Morgan fingerprint density at radius 3 is 2.52 bits per heavy atom. The summed E-state index contributed by atoms with van der Waals surface area (Å²) >= 11 is 8.14. The molecule has 4 nitrogen and oxygen atoms in total. The van der Waals surface area contributed by atoms with Crippen molar-refractivity contribution in [2.24, 2.45) is 12.9 Å². The van der Waals surface area contributed by atoms with Gasteiger partial charge in [-0.15, -0.1) is 11.8 Å². The van der Waals surface area contributed by atoms with E-state index in [4.69, 9.17) is 17.4 Å². The van der Waals surface area contributed by atoms with Crippen LogP contribution in [0.1, 0.15) is 29.9 Å². The van der Waals surface area contributed by atoms with E-state index in [1.807, 2.05) is 30.4 Å². The Bertz CT molecular complexity index is 594. The van der Waals surface area contributed by atoms with Crippen LogP contribution in [0.4, 0.5) is 0 Å². The van der Waals surface area contributed by atoms with Crippen molar-refractivity contribution in [1.82, 2.24) is 15.2 Å². The lowest BCUT2D eigenvalue weighted by Crippen LogP contribution is -2.30. The average Bonchev–Trinajstić information content (AvgIpc) is 2.72. The number of thioether (sulfide) groups is 1. The van der Waals surface area contributed by atoms with Crippen LogP contribution in [0, 0.1) is 6.92 Å². The van der Waals surface area contributed by atoms with Crippen LogP contribution >= 0.6 is 23.4 Å². The summed E-state index contributed by atoms with van der Waals surface area (Å²) in [6, 6.07) is 8.49. The van der Waals surface area contributed by atoms with Gasteiger partial charge < -0.3 is 0 Å². The summed E-state index contributed by atoms with van der Waals surface area (Å²) < 4.78 is 1.82. The second kappa shape index (κ2) is 7.31. The molecule has 3 N–H and O–H groups in total. The maximum Gasteiger partial charge on any atom is 0.0847 e. The van der Waals surface area contributed by atoms with Gasteiger partial charge in [0.25, 0.3) is 0 Å². The van der Waals surface area contributed by atoms with Gasteiger partial charge in [0.15, 0.2) is 0 Å². The van der Waals surface area contributed by atoms with E-state index in [1.165, 1.54) is 4.90 Å². The van der Waals surface area contributed by atoms with Crippen molar-refractivity contribution < 1.29 is 0 Å². The van der Waals surface area contributed by atoms with E-state index in [0.717, 1.165) is 27.7 Å². The lowest BCUT2D eigenvalue weighted by molar-refractivity contribution is 0.530. The minimum absolute atomic E-state index is 0.0120. The molecule has 0 saturated heterocycles. The minimum Gasteiger partial charge on any atom is -0.271 e. The topological polar surface area (TPSA) is 55.9 Å². The lowest BCUT2D eigenvalue weighted by atomic mass is 10.0. The molecule has 0 aliphatic heterocycles. The lowest BCUT2D eigenvalue weighted by Gasteiger charge is -2.17. The zero-order chi connectivity index (χ0) is 15.4. The number of hydrazine groups is 1. The van der Waals surface area contributed by atoms with Crippen LogP contribution in [0.3, 0.4) is 0 Å². The number of hydrogen-bond acceptors (Lipinski definition) is 4. The van der Waals surface area contributed by atoms with Gasteiger partial charge in [-0.25, -0.2) is 0 Å². The number of nitrogens with two attached hydrogens (primary N) is 1. The number of aryl methyl sites for hydroxylation is 2. The van der Waals surface area contributed by atoms with E-state index in [-0.39, 0.29) is 6.04 Å². The molecule has 0 aliphatic rings. The molecule has 0 saturated carbocycles. The van der Waals surface area contributed by atoms with Crippen LogP contribution in [0.2, 0.25) is 5.02 Å². The fourth-order valence-electron chi connectivity index (χ4n) is 2.33. The highest BCUT2D eigenvalue weighted by Crippen LogP contribution is 2.26. The second-order valence-corrected chi connectivity index (χ2v) is 6.61. The third-order valence-electron chi connectivity index (χ3n) is 3.45. The maximum atomic E-state index is 6.31. The molecule has 2 rings (SSSR count). The Morgan fingerprint density at radius 1 is 1.38 bits per heavy atom. The first-order valence-corrected chi connectivity index (χ1v) is 8.30. The molecule has 0 spiro atoms. The summed E-state index contributed by atoms with van der Waals surface area (Å²) in [4.78, 5) is 1.27. The van der Waals surface area contributed by atoms with Crippen molar-refractivity contribution in [2.45, 2.75) is 31.2 Å². The summed E-state index contributed by atoms with van der Waals surface area (Å²) in [7, 11) is 1.91. The standard InChI is InChI=1S/C15H21ClN4S/c1-4-21-12-7-5-11(6-8-12)13(18-17)9-14-15(16)10(2)19-20(14)3/h5-8,13,18H,4,9,17H2,1-3H3. The highest BCUT2D eigenvalue weighted by Gasteiger charge is 2.17. The number of aromatic nitrogens is 2. The Morgan fingerprint density at radius 2 is 2.05 bits per heavy atom. The highest BCUT2D eigenvalue weighted by molar-refractivity contribution is 7.99. The van der Waals surface area contributed by atoms with Crippen molar-refractivity contribution >= 4 is 23.4 Å². The normalized spacial score (nSPS) is 12.6. The molecule has 114 valence electrons. The van der Waals surface area contributed by atoms with Crippen molar-refractivity contribution in [3.05, 3.63) is 46.2 Å². The van der Waals surface area contributed by atoms with E-state index in [1.54, 1.807) is 0 Å². The minimum atomic E-state index is 0.0120. The Hall–Kier alpha value is -1.01. The molecule has 0 fully saturated rings. The molecular formula is C15H21ClN4S. The molecule has 2 aromatic rings. The van der Waals surface area contributed by atoms with Crippen molar-refractivity contribution in [1.29, 1.82) is 0 Å². The summed E-state index contributed by atoms with van der Waals surface area (Å²) in [6.07, 6.45) is 0.701. The number of nitrogens with one attached hydrogen (secondary N) is 1. The quantitative estimate of drug-likeness (QED) is 0.486. The molecular weight excluding hydrogens is 304 g/mol. The zero-order valence-corrected chi connectivity index (χ0v) is 14.1. The van der Waals surface area contributed by atoms with Crippen LogP contribution < -0.4 is 11.3 Å². The van der Waals surface area contributed by atoms with E-state index in [2.05, 4.69) is 41.7 Å². The van der Waals surface area contributed by atoms with Gasteiger partial charge in [-0.3, -0.25) is 16.0 Å². The molecule has 1 aromatic heterocycles. The van der Waals surface area contributed by atoms with Gasteiger partial charge in [0.1, 0.15) is 0 Å². The third kappa shape index (κ3) is 3.80. The Balaban J connectivity index is 2.19. The molecule has 21 heavy (non-hydrogen) atoms. The summed E-state index contributed by atoms with van der Waals surface area (Å²) in [5.74, 6) is 6.80. The van der Waals surface area contributed by atoms with Gasteiger partial charge in [-0.1, -0.05) is 30.7 Å².